The minimum absolute atomic E-state index is 0.142. The predicted molar refractivity (Wildman–Crippen MR) is 87.4 cm³/mol. The molecule has 6 heteroatoms. The van der Waals surface area contributed by atoms with Gasteiger partial charge >= 0.3 is 0 Å². The van der Waals surface area contributed by atoms with Crippen molar-refractivity contribution in [2.45, 2.75) is 33.3 Å². The van der Waals surface area contributed by atoms with Gasteiger partial charge in [0.05, 0.1) is 16.8 Å². The first-order valence-corrected chi connectivity index (χ1v) is 7.75. The van der Waals surface area contributed by atoms with E-state index in [1.54, 1.807) is 12.1 Å². The van der Waals surface area contributed by atoms with Crippen molar-refractivity contribution in [2.75, 3.05) is 13.1 Å². The van der Waals surface area contributed by atoms with Crippen LogP contribution in [0.4, 0.5) is 0 Å². The molecule has 0 spiro atoms. The first-order chi connectivity index (χ1) is 11.1. The number of hydrogen-bond acceptors (Lipinski definition) is 5. The summed E-state index contributed by atoms with van der Waals surface area (Å²) in [6, 6.07) is 7.19. The van der Waals surface area contributed by atoms with Crippen molar-refractivity contribution in [3.63, 3.8) is 0 Å². The number of carbonyl (C=O) groups is 1. The second-order valence-electron chi connectivity index (χ2n) is 5.34. The lowest BCUT2D eigenvalue weighted by molar-refractivity contribution is 0.0948. The maximum absolute atomic E-state index is 12.3. The van der Waals surface area contributed by atoms with E-state index in [-0.39, 0.29) is 5.91 Å². The number of nitrogens with zero attached hydrogens (tertiary/aromatic N) is 1. The molecular formula is C17H23N3O3. The van der Waals surface area contributed by atoms with Crippen molar-refractivity contribution in [3.05, 3.63) is 46.8 Å². The fourth-order valence-corrected chi connectivity index (χ4v) is 2.20. The van der Waals surface area contributed by atoms with Crippen LogP contribution in [0.1, 0.15) is 40.2 Å². The smallest absolute Gasteiger partial charge is 0.255 e. The average Bonchev–Trinajstić information content (AvgIpc) is 2.88. The summed E-state index contributed by atoms with van der Waals surface area (Å²) in [4.78, 5) is 12.3. The molecule has 124 valence electrons. The van der Waals surface area contributed by atoms with Crippen LogP contribution >= 0.6 is 0 Å². The Morgan fingerprint density at radius 1 is 1.30 bits per heavy atom. The molecule has 0 radical (unpaired) electrons. The van der Waals surface area contributed by atoms with Gasteiger partial charge in [-0.25, -0.2) is 0 Å². The maximum atomic E-state index is 12.3. The zero-order chi connectivity index (χ0) is 16.7. The molecule has 1 aromatic heterocycles. The van der Waals surface area contributed by atoms with Crippen molar-refractivity contribution < 1.29 is 14.1 Å². The maximum Gasteiger partial charge on any atom is 0.255 e. The third-order valence-corrected chi connectivity index (χ3v) is 3.60. The highest BCUT2D eigenvalue weighted by Gasteiger charge is 2.14. The van der Waals surface area contributed by atoms with E-state index in [1.165, 1.54) is 0 Å². The Balaban J connectivity index is 2.01. The summed E-state index contributed by atoms with van der Waals surface area (Å²) >= 11 is 0. The van der Waals surface area contributed by atoms with Gasteiger partial charge in [0.25, 0.3) is 5.91 Å². The fourth-order valence-electron chi connectivity index (χ4n) is 2.20. The second kappa shape index (κ2) is 8.33. The Kier molecular flexibility index (Phi) is 6.17. The fraction of sp³-hybridized carbons (Fsp3) is 0.412. The third kappa shape index (κ3) is 4.56. The summed E-state index contributed by atoms with van der Waals surface area (Å²) in [5.74, 6) is 1.13. The monoisotopic (exact) mass is 317 g/mol. The first kappa shape index (κ1) is 17.0. The molecule has 0 aliphatic carbocycles. The Bertz CT molecular complexity index is 633. The Morgan fingerprint density at radius 2 is 2.09 bits per heavy atom. The number of benzene rings is 1. The van der Waals surface area contributed by atoms with E-state index in [4.69, 9.17) is 15.0 Å². The van der Waals surface area contributed by atoms with Gasteiger partial charge in [0.15, 0.2) is 0 Å². The number of amides is 1. The summed E-state index contributed by atoms with van der Waals surface area (Å²) in [7, 11) is 0. The molecule has 0 saturated carbocycles. The molecule has 23 heavy (non-hydrogen) atoms. The lowest BCUT2D eigenvalue weighted by Gasteiger charge is -2.11. The molecule has 0 aliphatic rings. The summed E-state index contributed by atoms with van der Waals surface area (Å²) in [5.41, 5.74) is 7.67. The Hall–Kier alpha value is -2.34. The predicted octanol–water partition coefficient (Wildman–Crippen LogP) is 2.34. The topological polar surface area (TPSA) is 90.4 Å². The standard InChI is InChI=1S/C17H23N3O3/c1-12-15(13(2)23-20-12)11-22-16-8-4-3-7-14(16)17(21)19-10-6-5-9-18/h3-4,7-8H,5-6,9-11,18H2,1-2H3,(H,19,21). The third-order valence-electron chi connectivity index (χ3n) is 3.60. The molecule has 6 nitrogen and oxygen atoms in total. The van der Waals surface area contributed by atoms with E-state index >= 15 is 0 Å². The number of carbonyl (C=O) groups excluding carboxylic acids is 1. The number of aryl methyl sites for hydroxylation is 2. The SMILES string of the molecule is Cc1noc(C)c1COc1ccccc1C(=O)NCCCCN. The van der Waals surface area contributed by atoms with Gasteiger partial charge in [-0.3, -0.25) is 4.79 Å². The molecule has 3 N–H and O–H groups in total. The van der Waals surface area contributed by atoms with E-state index < -0.39 is 0 Å². The van der Waals surface area contributed by atoms with Crippen molar-refractivity contribution in [2.24, 2.45) is 5.73 Å². The highest BCUT2D eigenvalue weighted by atomic mass is 16.5. The van der Waals surface area contributed by atoms with Crippen LogP contribution < -0.4 is 15.8 Å². The zero-order valence-corrected chi connectivity index (χ0v) is 13.6. The molecule has 0 aliphatic heterocycles. The van der Waals surface area contributed by atoms with Crippen molar-refractivity contribution >= 4 is 5.91 Å². The molecule has 2 rings (SSSR count). The Labute approximate surface area is 136 Å². The molecule has 1 heterocycles. The van der Waals surface area contributed by atoms with Crippen LogP contribution in [-0.4, -0.2) is 24.2 Å². The van der Waals surface area contributed by atoms with Crippen LogP contribution in [0.15, 0.2) is 28.8 Å². The second-order valence-corrected chi connectivity index (χ2v) is 5.34. The first-order valence-electron chi connectivity index (χ1n) is 7.75. The molecular weight excluding hydrogens is 294 g/mol. The highest BCUT2D eigenvalue weighted by Crippen LogP contribution is 2.21. The van der Waals surface area contributed by atoms with Crippen LogP contribution in [0, 0.1) is 13.8 Å². The lowest BCUT2D eigenvalue weighted by atomic mass is 10.1. The molecule has 0 saturated heterocycles. The molecule has 1 amide bonds. The summed E-state index contributed by atoms with van der Waals surface area (Å²) < 4.78 is 10.9. The zero-order valence-electron chi connectivity index (χ0n) is 13.6. The normalized spacial score (nSPS) is 10.6. The van der Waals surface area contributed by atoms with E-state index in [2.05, 4.69) is 10.5 Å². The van der Waals surface area contributed by atoms with E-state index in [0.29, 0.717) is 31.0 Å². The number of aromatic nitrogens is 1. The molecule has 2 aromatic rings. The van der Waals surface area contributed by atoms with Crippen LogP contribution in [0.3, 0.4) is 0 Å². The van der Waals surface area contributed by atoms with E-state index in [1.807, 2.05) is 26.0 Å². The number of ether oxygens (including phenoxy) is 1. The van der Waals surface area contributed by atoms with Gasteiger partial charge in [-0.15, -0.1) is 0 Å². The number of nitrogens with one attached hydrogen (secondary N) is 1. The number of rotatable bonds is 8. The lowest BCUT2D eigenvalue weighted by Crippen LogP contribution is -2.25. The number of hydrogen-bond donors (Lipinski definition) is 2. The van der Waals surface area contributed by atoms with Crippen LogP contribution in [-0.2, 0) is 6.61 Å². The Morgan fingerprint density at radius 3 is 2.78 bits per heavy atom. The average molecular weight is 317 g/mol. The largest absolute Gasteiger partial charge is 0.488 e. The van der Waals surface area contributed by atoms with Gasteiger partial charge in [-0.05, 0) is 45.4 Å². The van der Waals surface area contributed by atoms with E-state index in [9.17, 15) is 4.79 Å². The van der Waals surface area contributed by atoms with Gasteiger partial charge < -0.3 is 20.3 Å². The van der Waals surface area contributed by atoms with Gasteiger partial charge in [0, 0.05) is 6.54 Å². The van der Waals surface area contributed by atoms with Crippen LogP contribution in [0.25, 0.3) is 0 Å². The quantitative estimate of drug-likeness (QED) is 0.729. The molecule has 0 bridgehead atoms. The van der Waals surface area contributed by atoms with Crippen molar-refractivity contribution in [1.82, 2.24) is 10.5 Å². The van der Waals surface area contributed by atoms with Crippen LogP contribution in [0.5, 0.6) is 5.75 Å². The summed E-state index contributed by atoms with van der Waals surface area (Å²) in [5, 5.41) is 6.78. The molecule has 1 aromatic carbocycles. The van der Waals surface area contributed by atoms with Gasteiger partial charge in [0.1, 0.15) is 18.1 Å². The van der Waals surface area contributed by atoms with Crippen molar-refractivity contribution in [1.29, 1.82) is 0 Å². The van der Waals surface area contributed by atoms with Crippen molar-refractivity contribution in [3.8, 4) is 5.75 Å². The minimum atomic E-state index is -0.142. The number of nitrogens with two attached hydrogens (primary N) is 1. The number of unbranched alkanes of at least 4 members (excludes halogenated alkanes) is 1. The van der Waals surface area contributed by atoms with Gasteiger partial charge in [-0.2, -0.15) is 0 Å². The minimum Gasteiger partial charge on any atom is -0.488 e. The van der Waals surface area contributed by atoms with Gasteiger partial charge in [0.2, 0.25) is 0 Å². The number of para-hydroxylation sites is 1. The molecule has 0 fully saturated rings. The van der Waals surface area contributed by atoms with Gasteiger partial charge in [-0.1, -0.05) is 17.3 Å². The highest BCUT2D eigenvalue weighted by molar-refractivity contribution is 5.96. The summed E-state index contributed by atoms with van der Waals surface area (Å²) in [6.07, 6.45) is 1.76. The molecule has 0 atom stereocenters. The summed E-state index contributed by atoms with van der Waals surface area (Å²) in [6.45, 7) is 5.26. The molecule has 0 unspecified atom stereocenters. The van der Waals surface area contributed by atoms with Crippen LogP contribution in [0.2, 0.25) is 0 Å². The van der Waals surface area contributed by atoms with E-state index in [0.717, 1.165) is 29.9 Å².